The monoisotopic (exact) mass is 262 g/mol. The molecule has 1 N–H and O–H groups in total. The highest BCUT2D eigenvalue weighted by Crippen LogP contribution is 2.30. The van der Waals surface area contributed by atoms with E-state index in [0.717, 1.165) is 12.2 Å². The Bertz CT molecular complexity index is 491. The average molecular weight is 262 g/mol. The Morgan fingerprint density at radius 3 is 3.17 bits per heavy atom. The molecule has 0 aliphatic heterocycles. The fourth-order valence-corrected chi connectivity index (χ4v) is 3.43. The number of thiazole rings is 1. The normalized spacial score (nSPS) is 23.6. The molecule has 2 unspecified atom stereocenters. The van der Waals surface area contributed by atoms with Crippen LogP contribution in [-0.2, 0) is 6.54 Å². The van der Waals surface area contributed by atoms with Crippen molar-refractivity contribution in [1.82, 2.24) is 19.9 Å². The van der Waals surface area contributed by atoms with Gasteiger partial charge in [0.05, 0.1) is 6.33 Å². The SMILES string of the molecule is Cc1csc(CNC2CCCC2n2ccnc2)n1. The van der Waals surface area contributed by atoms with Gasteiger partial charge >= 0.3 is 0 Å². The van der Waals surface area contributed by atoms with E-state index in [2.05, 4.69) is 31.4 Å². The molecule has 1 fully saturated rings. The van der Waals surface area contributed by atoms with Crippen LogP contribution in [0.3, 0.4) is 0 Å². The Balaban J connectivity index is 1.62. The predicted molar refractivity (Wildman–Crippen MR) is 72.6 cm³/mol. The standard InChI is InChI=1S/C13H18N4S/c1-10-8-18-13(16-10)7-15-11-3-2-4-12(11)17-6-5-14-9-17/h5-6,8-9,11-12,15H,2-4,7H2,1H3. The van der Waals surface area contributed by atoms with E-state index in [-0.39, 0.29) is 0 Å². The number of aryl methyl sites for hydroxylation is 1. The van der Waals surface area contributed by atoms with Gasteiger partial charge in [0.2, 0.25) is 0 Å². The Morgan fingerprint density at radius 2 is 2.44 bits per heavy atom. The third kappa shape index (κ3) is 2.47. The van der Waals surface area contributed by atoms with Gasteiger partial charge < -0.3 is 9.88 Å². The zero-order valence-electron chi connectivity index (χ0n) is 10.5. The molecule has 0 spiro atoms. The predicted octanol–water partition coefficient (Wildman–Crippen LogP) is 2.53. The minimum Gasteiger partial charge on any atom is -0.333 e. The summed E-state index contributed by atoms with van der Waals surface area (Å²) in [6.07, 6.45) is 9.63. The number of rotatable bonds is 4. The van der Waals surface area contributed by atoms with Crippen LogP contribution in [0.4, 0.5) is 0 Å². The van der Waals surface area contributed by atoms with Gasteiger partial charge in [0.15, 0.2) is 0 Å². The molecule has 1 aliphatic rings. The molecule has 4 nitrogen and oxygen atoms in total. The summed E-state index contributed by atoms with van der Waals surface area (Å²) in [6.45, 7) is 2.93. The van der Waals surface area contributed by atoms with Crippen molar-refractivity contribution in [2.75, 3.05) is 0 Å². The molecule has 2 aromatic rings. The molecule has 0 bridgehead atoms. The number of aromatic nitrogens is 3. The Kier molecular flexibility index (Phi) is 3.43. The average Bonchev–Trinajstić information content (AvgIpc) is 3.07. The molecule has 2 aromatic heterocycles. The van der Waals surface area contributed by atoms with E-state index in [4.69, 9.17) is 0 Å². The first kappa shape index (κ1) is 11.9. The van der Waals surface area contributed by atoms with E-state index < -0.39 is 0 Å². The Labute approximate surface area is 111 Å². The molecule has 5 heteroatoms. The van der Waals surface area contributed by atoms with Crippen molar-refractivity contribution in [3.63, 3.8) is 0 Å². The first-order chi connectivity index (χ1) is 8.83. The number of nitrogens with zero attached hydrogens (tertiary/aromatic N) is 3. The van der Waals surface area contributed by atoms with E-state index >= 15 is 0 Å². The lowest BCUT2D eigenvalue weighted by atomic mass is 10.1. The van der Waals surface area contributed by atoms with E-state index in [1.807, 2.05) is 19.4 Å². The maximum Gasteiger partial charge on any atom is 0.107 e. The van der Waals surface area contributed by atoms with Crippen molar-refractivity contribution < 1.29 is 0 Å². The topological polar surface area (TPSA) is 42.7 Å². The van der Waals surface area contributed by atoms with Gasteiger partial charge in [0.25, 0.3) is 0 Å². The summed E-state index contributed by atoms with van der Waals surface area (Å²) < 4.78 is 2.23. The van der Waals surface area contributed by atoms with Crippen molar-refractivity contribution in [3.05, 3.63) is 34.8 Å². The number of nitrogens with one attached hydrogen (secondary N) is 1. The summed E-state index contributed by atoms with van der Waals surface area (Å²) in [6, 6.07) is 1.09. The van der Waals surface area contributed by atoms with Crippen molar-refractivity contribution in [3.8, 4) is 0 Å². The molecule has 0 aromatic carbocycles. The van der Waals surface area contributed by atoms with E-state index in [1.165, 1.54) is 24.3 Å². The zero-order chi connectivity index (χ0) is 12.4. The van der Waals surface area contributed by atoms with Crippen molar-refractivity contribution in [2.45, 2.75) is 44.8 Å². The molecule has 1 aliphatic carbocycles. The molecule has 0 radical (unpaired) electrons. The number of hydrogen-bond donors (Lipinski definition) is 1. The van der Waals surface area contributed by atoms with Gasteiger partial charge in [-0.2, -0.15) is 0 Å². The lowest BCUT2D eigenvalue weighted by molar-refractivity contribution is 0.390. The highest BCUT2D eigenvalue weighted by atomic mass is 32.1. The van der Waals surface area contributed by atoms with Crippen LogP contribution in [0.5, 0.6) is 0 Å². The lowest BCUT2D eigenvalue weighted by Gasteiger charge is -2.21. The Hall–Kier alpha value is -1.20. The summed E-state index contributed by atoms with van der Waals surface area (Å²) in [5, 5.41) is 6.94. The molecule has 18 heavy (non-hydrogen) atoms. The quantitative estimate of drug-likeness (QED) is 0.920. The second kappa shape index (κ2) is 5.20. The van der Waals surface area contributed by atoms with E-state index in [1.54, 1.807) is 11.3 Å². The summed E-state index contributed by atoms with van der Waals surface area (Å²) in [4.78, 5) is 8.64. The lowest BCUT2D eigenvalue weighted by Crippen LogP contribution is -2.33. The maximum absolute atomic E-state index is 4.50. The van der Waals surface area contributed by atoms with Crippen LogP contribution in [-0.4, -0.2) is 20.6 Å². The van der Waals surface area contributed by atoms with Crippen LogP contribution in [0, 0.1) is 6.92 Å². The highest BCUT2D eigenvalue weighted by Gasteiger charge is 2.27. The van der Waals surface area contributed by atoms with Gasteiger partial charge in [0.1, 0.15) is 5.01 Å². The molecule has 0 saturated heterocycles. The summed E-state index contributed by atoms with van der Waals surface area (Å²) >= 11 is 1.74. The molecular weight excluding hydrogens is 244 g/mol. The third-order valence-electron chi connectivity index (χ3n) is 3.57. The number of imidazole rings is 1. The van der Waals surface area contributed by atoms with Gasteiger partial charge in [-0.15, -0.1) is 11.3 Å². The van der Waals surface area contributed by atoms with Crippen LogP contribution in [0.2, 0.25) is 0 Å². The van der Waals surface area contributed by atoms with Crippen molar-refractivity contribution in [1.29, 1.82) is 0 Å². The number of hydrogen-bond acceptors (Lipinski definition) is 4. The molecule has 2 atom stereocenters. The maximum atomic E-state index is 4.50. The third-order valence-corrected chi connectivity index (χ3v) is 4.54. The summed E-state index contributed by atoms with van der Waals surface area (Å²) in [7, 11) is 0. The largest absolute Gasteiger partial charge is 0.333 e. The van der Waals surface area contributed by atoms with Crippen LogP contribution in [0.15, 0.2) is 24.1 Å². The minimum absolute atomic E-state index is 0.545. The molecule has 0 amide bonds. The molecule has 2 heterocycles. The highest BCUT2D eigenvalue weighted by molar-refractivity contribution is 7.09. The zero-order valence-corrected chi connectivity index (χ0v) is 11.4. The fourth-order valence-electron chi connectivity index (χ4n) is 2.70. The molecule has 96 valence electrons. The van der Waals surface area contributed by atoms with Crippen LogP contribution >= 0.6 is 11.3 Å². The van der Waals surface area contributed by atoms with Gasteiger partial charge in [0, 0.05) is 42.1 Å². The van der Waals surface area contributed by atoms with Gasteiger partial charge in [-0.05, 0) is 26.2 Å². The molecule has 1 saturated carbocycles. The fraction of sp³-hybridized carbons (Fsp3) is 0.538. The Morgan fingerprint density at radius 1 is 1.50 bits per heavy atom. The van der Waals surface area contributed by atoms with Crippen LogP contribution in [0.25, 0.3) is 0 Å². The van der Waals surface area contributed by atoms with Gasteiger partial charge in [-0.3, -0.25) is 0 Å². The van der Waals surface area contributed by atoms with Gasteiger partial charge in [-0.1, -0.05) is 0 Å². The second-order valence-electron chi connectivity index (χ2n) is 4.88. The van der Waals surface area contributed by atoms with Crippen molar-refractivity contribution >= 4 is 11.3 Å². The smallest absolute Gasteiger partial charge is 0.107 e. The molecular formula is C13H18N4S. The minimum atomic E-state index is 0.545. The summed E-state index contributed by atoms with van der Waals surface area (Å²) in [5.41, 5.74) is 1.12. The van der Waals surface area contributed by atoms with E-state index in [9.17, 15) is 0 Å². The van der Waals surface area contributed by atoms with E-state index in [0.29, 0.717) is 12.1 Å². The van der Waals surface area contributed by atoms with Crippen molar-refractivity contribution in [2.24, 2.45) is 0 Å². The second-order valence-corrected chi connectivity index (χ2v) is 5.82. The summed E-state index contributed by atoms with van der Waals surface area (Å²) in [5.74, 6) is 0. The first-order valence-corrected chi connectivity index (χ1v) is 7.33. The first-order valence-electron chi connectivity index (χ1n) is 6.45. The van der Waals surface area contributed by atoms with Crippen LogP contribution < -0.4 is 5.32 Å². The van der Waals surface area contributed by atoms with Crippen LogP contribution in [0.1, 0.15) is 36.0 Å². The van der Waals surface area contributed by atoms with Gasteiger partial charge in [-0.25, -0.2) is 9.97 Å². The molecule has 3 rings (SSSR count).